The summed E-state index contributed by atoms with van der Waals surface area (Å²) in [6.45, 7) is 24.9. The Balaban J connectivity index is 0.0000000929. The van der Waals surface area contributed by atoms with Gasteiger partial charge in [-0.1, -0.05) is 205 Å². The van der Waals surface area contributed by atoms with E-state index in [2.05, 4.69) is 256 Å². The minimum Gasteiger partial charge on any atom is -0.393 e. The minimum absolute atomic E-state index is 0.114. The summed E-state index contributed by atoms with van der Waals surface area (Å²) >= 11 is 0. The number of aliphatic hydroxyl groups excluding tert-OH is 3. The van der Waals surface area contributed by atoms with Gasteiger partial charge in [-0.25, -0.2) is 29.0 Å². The lowest BCUT2D eigenvalue weighted by Crippen LogP contribution is -2.50. The van der Waals surface area contributed by atoms with Gasteiger partial charge in [-0.2, -0.15) is 5.10 Å². The summed E-state index contributed by atoms with van der Waals surface area (Å²) in [5.41, 5.74) is 25.9. The van der Waals surface area contributed by atoms with E-state index in [1.165, 1.54) is 166 Å². The van der Waals surface area contributed by atoms with E-state index in [0.717, 1.165) is 201 Å². The number of carbonyl (C=O) groups is 2. The topological polar surface area (TPSA) is 223 Å². The molecule has 0 bridgehead atoms. The number of aliphatic hydroxyl groups is 3. The molecule has 0 spiro atoms. The number of para-hydroxylation sites is 6. The number of allylic oxidation sites excluding steroid dienone is 17. The summed E-state index contributed by atoms with van der Waals surface area (Å²) in [4.78, 5) is 37.6. The molecule has 10 fully saturated rings. The average molecular weight is 1890 g/mol. The monoisotopic (exact) mass is 1890 g/mol. The van der Waals surface area contributed by atoms with E-state index in [-0.39, 0.29) is 56.2 Å². The van der Waals surface area contributed by atoms with Gasteiger partial charge in [0.2, 0.25) is 0 Å². The molecule has 9 aromatic rings. The molecular formula is C123H151N13O5. The summed E-state index contributed by atoms with van der Waals surface area (Å²) in [5.74, 6) is 11.8. The van der Waals surface area contributed by atoms with Crippen molar-refractivity contribution in [3.63, 3.8) is 0 Å². The van der Waals surface area contributed by atoms with Crippen LogP contribution in [0.3, 0.4) is 0 Å². The van der Waals surface area contributed by atoms with Crippen molar-refractivity contribution in [2.24, 2.45) is 143 Å². The van der Waals surface area contributed by atoms with Gasteiger partial charge in [-0.3, -0.25) is 9.59 Å². The first kappa shape index (κ1) is 92.5. The SMILES string of the molecule is C[C@]12CCC(=O)C=C1CCC1C2CC[C@]2(C)C(n3cnc4ccccc43)=CCC12.C[C@]12CCC(=O)C=C1CCC1C2CC[C@]2(C)C(n3nnc4ccccc43)=CCC12.C[C@]12CC[C@H](O)CC1=CCC1C2CC[C@]2(C)C(n3cnc4ccccc43)=CCC12.C[C@]12CC[C@H](O)CC1=CCC1C2CC[C@]2(C)C(n3cncn3)=CCC12.C[C@]12CC[C@H](O)CC1=CCC1C2CC[C@]2(C)C(n3nnc4ccccc43)=CCC12. The third kappa shape index (κ3) is 14.3. The summed E-state index contributed by atoms with van der Waals surface area (Å²) in [6.07, 6.45) is 70.6. The number of fused-ring (bicyclic) bond motifs is 29. The van der Waals surface area contributed by atoms with Crippen molar-refractivity contribution in [3.05, 3.63) is 211 Å². The largest absolute Gasteiger partial charge is 0.393 e. The van der Waals surface area contributed by atoms with Gasteiger partial charge < -0.3 is 24.5 Å². The van der Waals surface area contributed by atoms with Crippen LogP contribution in [-0.4, -0.2) is 109 Å². The van der Waals surface area contributed by atoms with E-state index < -0.39 is 0 Å². The van der Waals surface area contributed by atoms with E-state index in [1.54, 1.807) is 23.0 Å². The fourth-order valence-corrected chi connectivity index (χ4v) is 37.3. The molecule has 15 unspecified atom stereocenters. The molecule has 141 heavy (non-hydrogen) atoms. The van der Waals surface area contributed by atoms with Crippen LogP contribution in [0.1, 0.15) is 294 Å². The van der Waals surface area contributed by atoms with Crippen LogP contribution in [0, 0.1) is 143 Å². The molecular weight excluding hydrogens is 1740 g/mol. The molecule has 20 aliphatic carbocycles. The Kier molecular flexibility index (Phi) is 22.5. The zero-order valence-electron chi connectivity index (χ0n) is 85.4. The second-order valence-electron chi connectivity index (χ2n) is 50.8. The number of imidazole rings is 2. The summed E-state index contributed by atoms with van der Waals surface area (Å²) in [7, 11) is 0. The summed E-state index contributed by atoms with van der Waals surface area (Å²) in [6, 6.07) is 33.6. The lowest BCUT2D eigenvalue weighted by Gasteiger charge is -2.57. The van der Waals surface area contributed by atoms with Gasteiger partial charge in [0.15, 0.2) is 11.6 Å². The first-order chi connectivity index (χ1) is 68.0. The van der Waals surface area contributed by atoms with Gasteiger partial charge in [0.25, 0.3) is 0 Å². The molecule has 28 atom stereocenters. The third-order valence-electron chi connectivity index (χ3n) is 45.1. The summed E-state index contributed by atoms with van der Waals surface area (Å²) < 4.78 is 11.0. The number of benzene rings is 4. The Morgan fingerprint density at radius 2 is 0.603 bits per heavy atom. The highest BCUT2D eigenvalue weighted by Gasteiger charge is 2.65. The number of aromatic nitrogens is 13. The minimum atomic E-state index is -0.125. The molecule has 29 rings (SSSR count). The molecule has 0 amide bonds. The van der Waals surface area contributed by atoms with Crippen LogP contribution in [0.25, 0.3) is 72.6 Å². The fraction of sp³-hybridized carbons (Fsp3) is 0.593. The van der Waals surface area contributed by atoms with Crippen LogP contribution < -0.4 is 0 Å². The van der Waals surface area contributed by atoms with Crippen LogP contribution in [0.4, 0.5) is 0 Å². The predicted octanol–water partition coefficient (Wildman–Crippen LogP) is 26.5. The lowest BCUT2D eigenvalue weighted by atomic mass is 9.47. The number of carbonyl (C=O) groups excluding carboxylic acids is 2. The van der Waals surface area contributed by atoms with Crippen molar-refractivity contribution in [1.29, 1.82) is 0 Å². The van der Waals surface area contributed by atoms with Crippen LogP contribution in [0.2, 0.25) is 0 Å². The number of hydrogen-bond donors (Lipinski definition) is 3. The zero-order chi connectivity index (χ0) is 96.4. The van der Waals surface area contributed by atoms with Crippen molar-refractivity contribution in [2.75, 3.05) is 0 Å². The highest BCUT2D eigenvalue weighted by Crippen LogP contribution is 2.73. The Labute approximate surface area is 833 Å². The lowest BCUT2D eigenvalue weighted by molar-refractivity contribution is -0.117. The van der Waals surface area contributed by atoms with Crippen molar-refractivity contribution in [3.8, 4) is 0 Å². The standard InChI is InChI=1S/C26H32N2O.C26H30N2O.C25H31N3O.C25H29N3O.C21H29N3O/c2*1-25-13-11-18(29)15-17(25)7-8-19-20-9-10-24(26(20,2)14-12-21(19)25)28-16-27-22-5-3-4-6-23(22)28;2*1-24-13-11-17(29)15-16(24)7-8-18-19-9-10-23(25(19,2)14-12-20(18)24)28-22-6-4-3-5-21(22)26-27-28;1-20-9-7-15(25)11-14(20)3-4-16-17-5-6-19(24-13-22-12-23-24)21(17,2)10-8-18(16)20/h3-7,10,16,18-21,29H,8-9,11-15H2,1-2H3;3-6,10,15-16,19-21H,7-9,11-14H2,1-2H3;3-7,10,17-20,29H,8-9,11-15H2,1-2H3;3-6,10,15,18-20H,7-9,11-14H2,1-2H3;3,6,12-13,15-18,25H,4-5,7-11H2,1-2H3/t18-,19?,20?,21?,25-,26-;19?,20?,21?,25-,26-;17-,18?,19?,20?,24-,25-;18?,19?,20?,24-,25-;15-,16?,17?,18?,20-,21-/m00000/s1. The molecule has 18 nitrogen and oxygen atoms in total. The molecule has 5 aromatic heterocycles. The molecule has 4 aromatic carbocycles. The van der Waals surface area contributed by atoms with E-state index in [9.17, 15) is 24.9 Å². The second-order valence-corrected chi connectivity index (χ2v) is 50.8. The van der Waals surface area contributed by atoms with Crippen molar-refractivity contribution in [2.45, 2.75) is 312 Å². The first-order valence-electron chi connectivity index (χ1n) is 55.5. The Hall–Kier alpha value is -9.62. The van der Waals surface area contributed by atoms with Gasteiger partial charge in [-0.15, -0.1) is 10.2 Å². The Morgan fingerprint density at radius 1 is 0.291 bits per heavy atom. The second kappa shape index (κ2) is 34.3. The predicted molar refractivity (Wildman–Crippen MR) is 559 cm³/mol. The van der Waals surface area contributed by atoms with Crippen molar-refractivity contribution in [1.82, 2.24) is 63.9 Å². The van der Waals surface area contributed by atoms with Crippen LogP contribution in [0.5, 0.6) is 0 Å². The highest BCUT2D eigenvalue weighted by atomic mass is 16.3. The van der Waals surface area contributed by atoms with Gasteiger partial charge in [0.05, 0.1) is 51.4 Å². The van der Waals surface area contributed by atoms with E-state index in [4.69, 9.17) is 0 Å². The first-order valence-corrected chi connectivity index (χ1v) is 55.5. The smallest absolute Gasteiger partial charge is 0.155 e. The maximum Gasteiger partial charge on any atom is 0.155 e. The van der Waals surface area contributed by atoms with Gasteiger partial charge in [0, 0.05) is 68.4 Å². The van der Waals surface area contributed by atoms with Gasteiger partial charge in [-0.05, 0) is 388 Å². The third-order valence-corrected chi connectivity index (χ3v) is 45.1. The van der Waals surface area contributed by atoms with Crippen molar-refractivity contribution >= 4 is 84.2 Å². The molecule has 0 aliphatic heterocycles. The Bertz CT molecular complexity index is 6480. The molecule has 5 heterocycles. The zero-order valence-corrected chi connectivity index (χ0v) is 85.4. The van der Waals surface area contributed by atoms with Crippen LogP contribution in [0.15, 0.2) is 211 Å². The molecule has 20 aliphatic rings. The normalized spacial score (nSPS) is 41.1. The van der Waals surface area contributed by atoms with E-state index in [0.29, 0.717) is 57.4 Å². The molecule has 10 saturated carbocycles. The maximum absolute atomic E-state index is 12.0. The number of ketones is 2. The van der Waals surface area contributed by atoms with Crippen LogP contribution in [-0.2, 0) is 9.59 Å². The molecule has 18 heteroatoms. The quantitative estimate of drug-likeness (QED) is 0.137. The van der Waals surface area contributed by atoms with Crippen molar-refractivity contribution < 1.29 is 24.9 Å². The molecule has 3 N–H and O–H groups in total. The van der Waals surface area contributed by atoms with E-state index in [1.807, 2.05) is 54.0 Å². The molecule has 0 radical (unpaired) electrons. The van der Waals surface area contributed by atoms with Crippen LogP contribution >= 0.6 is 0 Å². The Morgan fingerprint density at radius 3 is 0.979 bits per heavy atom. The number of nitrogens with zero attached hydrogens (tertiary/aromatic N) is 13. The molecule has 738 valence electrons. The average Bonchev–Trinajstić information content (AvgIpc) is 1.64. The highest BCUT2D eigenvalue weighted by molar-refractivity contribution is 5.92. The summed E-state index contributed by atoms with van der Waals surface area (Å²) in [5, 5.41) is 52.9. The molecule has 0 saturated heterocycles. The van der Waals surface area contributed by atoms with Gasteiger partial charge >= 0.3 is 0 Å². The number of rotatable bonds is 5. The maximum atomic E-state index is 12.0. The number of hydrogen-bond acceptors (Lipinski definition) is 13. The fourth-order valence-electron chi connectivity index (χ4n) is 37.3. The van der Waals surface area contributed by atoms with Gasteiger partial charge in [0.1, 0.15) is 36.3 Å². The van der Waals surface area contributed by atoms with E-state index >= 15 is 0 Å².